The molecule has 2 saturated heterocycles. The standard InChI is InChI=1S/C10H20N2O2S/c1-15(13,14)6-5-12-7-9-3-2-4-11-10(9)8-12/h9-11H,2-8H2,1H3/t9-,10+/m0/s1. The van der Waals surface area contributed by atoms with E-state index in [0.717, 1.165) is 25.6 Å². The second-order valence-corrected chi connectivity index (χ2v) is 7.11. The second-order valence-electron chi connectivity index (χ2n) is 4.85. The molecule has 2 heterocycles. The molecule has 2 rings (SSSR count). The number of hydrogen-bond donors (Lipinski definition) is 1. The molecule has 2 aliphatic heterocycles. The van der Waals surface area contributed by atoms with Crippen LogP contribution in [0.3, 0.4) is 0 Å². The normalized spacial score (nSPS) is 32.9. The Labute approximate surface area is 91.9 Å². The van der Waals surface area contributed by atoms with Crippen molar-refractivity contribution in [3.05, 3.63) is 0 Å². The molecular weight excluding hydrogens is 212 g/mol. The third-order valence-corrected chi connectivity index (χ3v) is 4.38. The van der Waals surface area contributed by atoms with Crippen LogP contribution in [-0.4, -0.2) is 57.5 Å². The lowest BCUT2D eigenvalue weighted by Crippen LogP contribution is -2.40. The lowest BCUT2D eigenvalue weighted by atomic mass is 9.94. The van der Waals surface area contributed by atoms with E-state index < -0.39 is 9.84 Å². The van der Waals surface area contributed by atoms with Gasteiger partial charge in [0.05, 0.1) is 5.75 Å². The molecule has 0 aromatic rings. The number of fused-ring (bicyclic) bond motifs is 1. The Morgan fingerprint density at radius 3 is 2.87 bits per heavy atom. The minimum absolute atomic E-state index is 0.298. The van der Waals surface area contributed by atoms with Gasteiger partial charge < -0.3 is 10.2 Å². The quantitative estimate of drug-likeness (QED) is 0.727. The van der Waals surface area contributed by atoms with Crippen molar-refractivity contribution >= 4 is 9.84 Å². The van der Waals surface area contributed by atoms with Crippen molar-refractivity contribution in [1.82, 2.24) is 10.2 Å². The van der Waals surface area contributed by atoms with Gasteiger partial charge in [0, 0.05) is 31.9 Å². The molecule has 0 aromatic carbocycles. The molecule has 2 fully saturated rings. The Hall–Kier alpha value is -0.130. The number of nitrogens with one attached hydrogen (secondary N) is 1. The van der Waals surface area contributed by atoms with Gasteiger partial charge in [-0.2, -0.15) is 0 Å². The summed E-state index contributed by atoms with van der Waals surface area (Å²) in [5.74, 6) is 1.05. The monoisotopic (exact) mass is 232 g/mol. The van der Waals surface area contributed by atoms with Crippen LogP contribution in [-0.2, 0) is 9.84 Å². The van der Waals surface area contributed by atoms with Crippen LogP contribution in [0, 0.1) is 5.92 Å². The fourth-order valence-electron chi connectivity index (χ4n) is 2.61. The van der Waals surface area contributed by atoms with Gasteiger partial charge in [-0.05, 0) is 25.3 Å². The fraction of sp³-hybridized carbons (Fsp3) is 1.00. The molecule has 0 amide bonds. The first-order valence-electron chi connectivity index (χ1n) is 5.68. The van der Waals surface area contributed by atoms with E-state index >= 15 is 0 Å². The van der Waals surface area contributed by atoms with Crippen LogP contribution < -0.4 is 5.32 Å². The Morgan fingerprint density at radius 2 is 2.20 bits per heavy atom. The minimum Gasteiger partial charge on any atom is -0.312 e. The van der Waals surface area contributed by atoms with Gasteiger partial charge in [0.1, 0.15) is 9.84 Å². The molecule has 0 radical (unpaired) electrons. The second kappa shape index (κ2) is 4.39. The third kappa shape index (κ3) is 3.16. The number of nitrogens with zero attached hydrogens (tertiary/aromatic N) is 1. The molecule has 0 spiro atoms. The Kier molecular flexibility index (Phi) is 3.33. The predicted octanol–water partition coefficient (Wildman–Crippen LogP) is -0.285. The first-order chi connectivity index (χ1) is 7.04. The zero-order chi connectivity index (χ0) is 10.9. The van der Waals surface area contributed by atoms with Gasteiger partial charge in [-0.3, -0.25) is 0 Å². The maximum Gasteiger partial charge on any atom is 0.148 e. The SMILES string of the molecule is CS(=O)(=O)CCN1C[C@@H]2CCCN[C@@H]2C1. The summed E-state index contributed by atoms with van der Waals surface area (Å²) in [7, 11) is -2.81. The molecule has 15 heavy (non-hydrogen) atoms. The molecular formula is C10H20N2O2S. The Bertz CT molecular complexity index is 301. The highest BCUT2D eigenvalue weighted by Gasteiger charge is 2.33. The van der Waals surface area contributed by atoms with E-state index in [0.29, 0.717) is 18.3 Å². The topological polar surface area (TPSA) is 49.4 Å². The number of hydrogen-bond acceptors (Lipinski definition) is 4. The van der Waals surface area contributed by atoms with Gasteiger partial charge in [0.25, 0.3) is 0 Å². The van der Waals surface area contributed by atoms with Gasteiger partial charge in [0.15, 0.2) is 0 Å². The molecule has 0 saturated carbocycles. The number of likely N-dealkylation sites (tertiary alicyclic amines) is 1. The van der Waals surface area contributed by atoms with E-state index in [1.807, 2.05) is 0 Å². The summed E-state index contributed by atoms with van der Waals surface area (Å²) in [6.45, 7) is 3.93. The largest absolute Gasteiger partial charge is 0.312 e. The van der Waals surface area contributed by atoms with Crippen LogP contribution in [0.4, 0.5) is 0 Å². The number of sulfone groups is 1. The summed E-state index contributed by atoms with van der Waals surface area (Å²) < 4.78 is 22.1. The van der Waals surface area contributed by atoms with Crippen LogP contribution in [0.15, 0.2) is 0 Å². The third-order valence-electron chi connectivity index (χ3n) is 3.45. The average molecular weight is 232 g/mol. The molecule has 1 N–H and O–H groups in total. The summed E-state index contributed by atoms with van der Waals surface area (Å²) >= 11 is 0. The molecule has 0 aliphatic carbocycles. The van der Waals surface area contributed by atoms with Crippen LogP contribution in [0.25, 0.3) is 0 Å². The maximum absolute atomic E-state index is 11.1. The Balaban J connectivity index is 1.81. The molecule has 2 aliphatic rings. The molecule has 88 valence electrons. The zero-order valence-electron chi connectivity index (χ0n) is 9.28. The van der Waals surface area contributed by atoms with Crippen LogP contribution in [0.5, 0.6) is 0 Å². The van der Waals surface area contributed by atoms with E-state index in [2.05, 4.69) is 10.2 Å². The highest BCUT2D eigenvalue weighted by atomic mass is 32.2. The molecule has 0 unspecified atom stereocenters. The highest BCUT2D eigenvalue weighted by Crippen LogP contribution is 2.24. The van der Waals surface area contributed by atoms with Crippen molar-refractivity contribution in [2.24, 2.45) is 5.92 Å². The van der Waals surface area contributed by atoms with Crippen molar-refractivity contribution in [2.45, 2.75) is 18.9 Å². The number of rotatable bonds is 3. The van der Waals surface area contributed by atoms with E-state index in [9.17, 15) is 8.42 Å². The summed E-state index contributed by atoms with van der Waals surface area (Å²) in [6, 6.07) is 0.610. The summed E-state index contributed by atoms with van der Waals surface area (Å²) in [4.78, 5) is 2.29. The molecule has 5 heteroatoms. The molecule has 2 atom stereocenters. The smallest absolute Gasteiger partial charge is 0.148 e. The van der Waals surface area contributed by atoms with Crippen LogP contribution in [0.2, 0.25) is 0 Å². The van der Waals surface area contributed by atoms with E-state index in [-0.39, 0.29) is 0 Å². The van der Waals surface area contributed by atoms with E-state index in [4.69, 9.17) is 0 Å². The van der Waals surface area contributed by atoms with Gasteiger partial charge >= 0.3 is 0 Å². The lowest BCUT2D eigenvalue weighted by Gasteiger charge is -2.24. The number of piperidine rings is 1. The van der Waals surface area contributed by atoms with Gasteiger partial charge in [-0.1, -0.05) is 0 Å². The Morgan fingerprint density at radius 1 is 1.40 bits per heavy atom. The lowest BCUT2D eigenvalue weighted by molar-refractivity contribution is 0.331. The predicted molar refractivity (Wildman–Crippen MR) is 60.7 cm³/mol. The van der Waals surface area contributed by atoms with Crippen LogP contribution >= 0.6 is 0 Å². The van der Waals surface area contributed by atoms with Crippen molar-refractivity contribution in [2.75, 3.05) is 38.2 Å². The van der Waals surface area contributed by atoms with Crippen LogP contribution in [0.1, 0.15) is 12.8 Å². The maximum atomic E-state index is 11.1. The molecule has 0 bridgehead atoms. The van der Waals surface area contributed by atoms with Crippen molar-refractivity contribution < 1.29 is 8.42 Å². The van der Waals surface area contributed by atoms with Crippen molar-refractivity contribution in [1.29, 1.82) is 0 Å². The van der Waals surface area contributed by atoms with Crippen molar-refractivity contribution in [3.63, 3.8) is 0 Å². The van der Waals surface area contributed by atoms with E-state index in [1.165, 1.54) is 19.1 Å². The van der Waals surface area contributed by atoms with Gasteiger partial charge in [0.2, 0.25) is 0 Å². The summed E-state index contributed by atoms with van der Waals surface area (Å²) in [5.41, 5.74) is 0. The summed E-state index contributed by atoms with van der Waals surface area (Å²) in [6.07, 6.45) is 3.88. The average Bonchev–Trinajstić information content (AvgIpc) is 2.56. The fourth-order valence-corrected chi connectivity index (χ4v) is 3.20. The minimum atomic E-state index is -2.81. The molecule has 0 aromatic heterocycles. The van der Waals surface area contributed by atoms with E-state index in [1.54, 1.807) is 0 Å². The summed E-state index contributed by atoms with van der Waals surface area (Å²) in [5, 5.41) is 3.52. The highest BCUT2D eigenvalue weighted by molar-refractivity contribution is 7.90. The first-order valence-corrected chi connectivity index (χ1v) is 7.74. The molecule has 4 nitrogen and oxygen atoms in total. The first kappa shape index (κ1) is 11.4. The van der Waals surface area contributed by atoms with Gasteiger partial charge in [-0.15, -0.1) is 0 Å². The zero-order valence-corrected chi connectivity index (χ0v) is 10.1. The van der Waals surface area contributed by atoms with Gasteiger partial charge in [-0.25, -0.2) is 8.42 Å². The van der Waals surface area contributed by atoms with Crippen molar-refractivity contribution in [3.8, 4) is 0 Å².